The summed E-state index contributed by atoms with van der Waals surface area (Å²) in [6.45, 7) is 0. The van der Waals surface area contributed by atoms with Crippen molar-refractivity contribution in [3.8, 4) is 0 Å². The Hall–Kier alpha value is -0.760. The molecule has 0 radical (unpaired) electrons. The number of aromatic carboxylic acids is 1. The molecule has 1 aliphatic heterocycles. The average molecular weight is 336 g/mol. The summed E-state index contributed by atoms with van der Waals surface area (Å²) in [5.74, 6) is 0.689. The van der Waals surface area contributed by atoms with Crippen molar-refractivity contribution in [2.75, 3.05) is 11.5 Å². The zero-order valence-electron chi connectivity index (χ0n) is 10.5. The Morgan fingerprint density at radius 2 is 2.00 bits per heavy atom. The normalized spacial score (nSPS) is 17.1. The molecular formula is C12H14ClNO4S2. The minimum absolute atomic E-state index is 0.00859. The first-order valence-electron chi connectivity index (χ1n) is 6.03. The molecule has 1 aromatic rings. The number of thioether (sulfide) groups is 1. The minimum atomic E-state index is -3.66. The van der Waals surface area contributed by atoms with Crippen LogP contribution in [0.1, 0.15) is 23.2 Å². The molecule has 0 bridgehead atoms. The SMILES string of the molecule is O=C(O)c1ccc(S(=O)(=O)NC2CCSCC2)cc1Cl. The molecule has 1 aliphatic rings. The van der Waals surface area contributed by atoms with Gasteiger partial charge in [-0.15, -0.1) is 0 Å². The number of sulfonamides is 1. The maximum Gasteiger partial charge on any atom is 0.337 e. The summed E-state index contributed by atoms with van der Waals surface area (Å²) in [4.78, 5) is 10.8. The lowest BCUT2D eigenvalue weighted by atomic mass is 10.2. The van der Waals surface area contributed by atoms with E-state index in [4.69, 9.17) is 16.7 Å². The second kappa shape index (κ2) is 6.34. The number of carbonyl (C=O) groups is 1. The van der Waals surface area contributed by atoms with E-state index in [1.807, 2.05) is 0 Å². The van der Waals surface area contributed by atoms with E-state index in [9.17, 15) is 13.2 Å². The van der Waals surface area contributed by atoms with Gasteiger partial charge in [0.2, 0.25) is 10.0 Å². The largest absolute Gasteiger partial charge is 0.478 e. The molecular weight excluding hydrogens is 322 g/mol. The van der Waals surface area contributed by atoms with Gasteiger partial charge in [-0.1, -0.05) is 11.6 Å². The van der Waals surface area contributed by atoms with Gasteiger partial charge in [-0.3, -0.25) is 0 Å². The highest BCUT2D eigenvalue weighted by atomic mass is 35.5. The highest BCUT2D eigenvalue weighted by Crippen LogP contribution is 2.23. The fourth-order valence-corrected chi connectivity index (χ4v) is 4.70. The molecule has 0 atom stereocenters. The van der Waals surface area contributed by atoms with Gasteiger partial charge in [0.05, 0.1) is 15.5 Å². The predicted octanol–water partition coefficient (Wildman–Crippen LogP) is 2.21. The second-order valence-electron chi connectivity index (χ2n) is 4.45. The first-order valence-corrected chi connectivity index (χ1v) is 9.04. The highest BCUT2D eigenvalue weighted by molar-refractivity contribution is 7.99. The maximum atomic E-state index is 12.2. The van der Waals surface area contributed by atoms with Crippen LogP contribution in [0, 0.1) is 0 Å². The molecule has 0 aromatic heterocycles. The van der Waals surface area contributed by atoms with Crippen LogP contribution in [-0.4, -0.2) is 37.0 Å². The van der Waals surface area contributed by atoms with Gasteiger partial charge in [-0.2, -0.15) is 11.8 Å². The van der Waals surface area contributed by atoms with Crippen LogP contribution >= 0.6 is 23.4 Å². The Balaban J connectivity index is 2.20. The molecule has 5 nitrogen and oxygen atoms in total. The lowest BCUT2D eigenvalue weighted by molar-refractivity contribution is 0.0697. The molecule has 0 amide bonds. The Labute approximate surface area is 126 Å². The third-order valence-electron chi connectivity index (χ3n) is 3.02. The van der Waals surface area contributed by atoms with E-state index in [2.05, 4.69) is 4.72 Å². The van der Waals surface area contributed by atoms with Crippen molar-refractivity contribution in [1.82, 2.24) is 4.72 Å². The predicted molar refractivity (Wildman–Crippen MR) is 79.1 cm³/mol. The molecule has 2 N–H and O–H groups in total. The Kier molecular flexibility index (Phi) is 4.95. The van der Waals surface area contributed by atoms with Gasteiger partial charge in [0.1, 0.15) is 0 Å². The van der Waals surface area contributed by atoms with Crippen LogP contribution in [0.15, 0.2) is 23.1 Å². The third kappa shape index (κ3) is 3.66. The number of rotatable bonds is 4. The van der Waals surface area contributed by atoms with E-state index in [0.717, 1.165) is 24.3 Å². The lowest BCUT2D eigenvalue weighted by Gasteiger charge is -2.22. The maximum absolute atomic E-state index is 12.2. The summed E-state index contributed by atoms with van der Waals surface area (Å²) in [5.41, 5.74) is -0.111. The number of carboxylic acids is 1. The van der Waals surface area contributed by atoms with Crippen molar-refractivity contribution in [2.45, 2.75) is 23.8 Å². The van der Waals surface area contributed by atoms with E-state index in [1.165, 1.54) is 18.2 Å². The first-order chi connectivity index (χ1) is 9.40. The van der Waals surface area contributed by atoms with Gasteiger partial charge in [0.15, 0.2) is 0 Å². The average Bonchev–Trinajstić information content (AvgIpc) is 2.38. The van der Waals surface area contributed by atoms with Gasteiger partial charge in [-0.05, 0) is 42.5 Å². The van der Waals surface area contributed by atoms with Crippen molar-refractivity contribution < 1.29 is 18.3 Å². The number of nitrogens with one attached hydrogen (secondary N) is 1. The van der Waals surface area contributed by atoms with E-state index >= 15 is 0 Å². The van der Waals surface area contributed by atoms with Gasteiger partial charge < -0.3 is 5.11 Å². The smallest absolute Gasteiger partial charge is 0.337 e. The Morgan fingerprint density at radius 1 is 1.35 bits per heavy atom. The number of benzene rings is 1. The second-order valence-corrected chi connectivity index (χ2v) is 7.80. The molecule has 0 saturated carbocycles. The quantitative estimate of drug-likeness (QED) is 0.881. The van der Waals surface area contributed by atoms with Crippen molar-refractivity contribution in [3.05, 3.63) is 28.8 Å². The van der Waals surface area contributed by atoms with Crippen molar-refractivity contribution in [2.24, 2.45) is 0 Å². The van der Waals surface area contributed by atoms with Gasteiger partial charge in [0.25, 0.3) is 0 Å². The van der Waals surface area contributed by atoms with Crippen LogP contribution in [0.5, 0.6) is 0 Å². The van der Waals surface area contributed by atoms with Crippen LogP contribution in [0.2, 0.25) is 5.02 Å². The highest BCUT2D eigenvalue weighted by Gasteiger charge is 2.23. The van der Waals surface area contributed by atoms with Crippen molar-refractivity contribution in [1.29, 1.82) is 0 Å². The summed E-state index contributed by atoms with van der Waals surface area (Å²) < 4.78 is 27.1. The van der Waals surface area contributed by atoms with E-state index in [1.54, 1.807) is 11.8 Å². The van der Waals surface area contributed by atoms with Crippen molar-refractivity contribution >= 4 is 39.4 Å². The molecule has 8 heteroatoms. The molecule has 1 aromatic carbocycles. The topological polar surface area (TPSA) is 83.5 Å². The molecule has 110 valence electrons. The standard InChI is InChI=1S/C12H14ClNO4S2/c13-11-7-9(1-2-10(11)12(15)16)20(17,18)14-8-3-5-19-6-4-8/h1-2,7-8,14H,3-6H2,(H,15,16). The van der Waals surface area contributed by atoms with Crippen LogP contribution in [0.25, 0.3) is 0 Å². The molecule has 2 rings (SSSR count). The van der Waals surface area contributed by atoms with Crippen LogP contribution in [0.4, 0.5) is 0 Å². The van der Waals surface area contributed by atoms with E-state index in [-0.39, 0.29) is 21.5 Å². The summed E-state index contributed by atoms with van der Waals surface area (Å²) >= 11 is 7.60. The Bertz CT molecular complexity index is 612. The van der Waals surface area contributed by atoms with Gasteiger partial charge in [-0.25, -0.2) is 17.9 Å². The van der Waals surface area contributed by atoms with E-state index in [0.29, 0.717) is 0 Å². The lowest BCUT2D eigenvalue weighted by Crippen LogP contribution is -2.37. The number of hydrogen-bond donors (Lipinski definition) is 2. The number of hydrogen-bond acceptors (Lipinski definition) is 4. The molecule has 1 fully saturated rings. The first kappa shape index (κ1) is 15.6. The Morgan fingerprint density at radius 3 is 2.55 bits per heavy atom. The molecule has 0 spiro atoms. The molecule has 0 aliphatic carbocycles. The molecule has 0 unspecified atom stereocenters. The fourth-order valence-electron chi connectivity index (χ4n) is 1.94. The monoisotopic (exact) mass is 335 g/mol. The summed E-state index contributed by atoms with van der Waals surface area (Å²) in [6, 6.07) is 3.56. The number of halogens is 1. The van der Waals surface area contributed by atoms with Crippen molar-refractivity contribution in [3.63, 3.8) is 0 Å². The zero-order valence-corrected chi connectivity index (χ0v) is 12.9. The third-order valence-corrected chi connectivity index (χ3v) is 5.90. The molecule has 1 saturated heterocycles. The zero-order chi connectivity index (χ0) is 14.8. The van der Waals surface area contributed by atoms with Gasteiger partial charge in [0, 0.05) is 6.04 Å². The summed E-state index contributed by atoms with van der Waals surface area (Å²) in [5, 5.41) is 8.78. The van der Waals surface area contributed by atoms with Gasteiger partial charge >= 0.3 is 5.97 Å². The van der Waals surface area contributed by atoms with E-state index < -0.39 is 16.0 Å². The summed E-state index contributed by atoms with van der Waals surface area (Å²) in [6.07, 6.45) is 1.59. The van der Waals surface area contributed by atoms with Crippen LogP contribution in [0.3, 0.4) is 0 Å². The molecule has 1 heterocycles. The van der Waals surface area contributed by atoms with Crippen LogP contribution < -0.4 is 4.72 Å². The summed E-state index contributed by atoms with van der Waals surface area (Å²) in [7, 11) is -3.66. The fraction of sp³-hybridized carbons (Fsp3) is 0.417. The molecule has 20 heavy (non-hydrogen) atoms. The number of carboxylic acid groups (broad SMARTS) is 1. The minimum Gasteiger partial charge on any atom is -0.478 e. The van der Waals surface area contributed by atoms with Crippen LogP contribution in [-0.2, 0) is 10.0 Å².